The molecule has 8 heteroatoms. The molecule has 5 nitrogen and oxygen atoms in total. The number of nitrogens with zero attached hydrogens (tertiary/aromatic N) is 1. The molecule has 20 heavy (non-hydrogen) atoms. The third-order valence-corrected chi connectivity index (χ3v) is 3.66. The van der Waals surface area contributed by atoms with Crippen LogP contribution in [0.25, 0.3) is 0 Å². The number of hydrogen-bond donors (Lipinski definition) is 2. The van der Waals surface area contributed by atoms with Crippen LogP contribution in [-0.2, 0) is 16.2 Å². The van der Waals surface area contributed by atoms with Crippen LogP contribution in [0.5, 0.6) is 0 Å². The lowest BCUT2D eigenvalue weighted by Gasteiger charge is -2.18. The summed E-state index contributed by atoms with van der Waals surface area (Å²) in [6, 6.07) is 3.28. The summed E-state index contributed by atoms with van der Waals surface area (Å²) in [7, 11) is 0. The minimum Gasteiger partial charge on any atom is -0.323 e. The van der Waals surface area contributed by atoms with Crippen LogP contribution in [0.3, 0.4) is 0 Å². The van der Waals surface area contributed by atoms with Crippen LogP contribution in [-0.4, -0.2) is 17.6 Å². The number of anilines is 1. The molecule has 0 bridgehead atoms. The van der Waals surface area contributed by atoms with Crippen molar-refractivity contribution in [3.05, 3.63) is 27.7 Å². The Morgan fingerprint density at radius 1 is 1.40 bits per heavy atom. The van der Waals surface area contributed by atoms with E-state index in [0.717, 1.165) is 0 Å². The summed E-state index contributed by atoms with van der Waals surface area (Å²) < 4.78 is 0. The summed E-state index contributed by atoms with van der Waals surface area (Å²) in [5.74, 6) is 5.24. The first-order valence-electron chi connectivity index (χ1n) is 5.74. The molecule has 0 aromatic heterocycles. The SMILES string of the molecule is CC1(C)CON(Cc2cc(Cl)c(NN)cc2Cl)C1=O.Cl. The first kappa shape index (κ1) is 17.3. The van der Waals surface area contributed by atoms with Gasteiger partial charge >= 0.3 is 0 Å². The second kappa shape index (κ2) is 6.37. The van der Waals surface area contributed by atoms with Gasteiger partial charge in [0.05, 0.1) is 29.3 Å². The Labute approximate surface area is 133 Å². The average molecular weight is 341 g/mol. The third kappa shape index (κ3) is 3.30. The van der Waals surface area contributed by atoms with Crippen LogP contribution in [0.15, 0.2) is 12.1 Å². The summed E-state index contributed by atoms with van der Waals surface area (Å²) in [6.07, 6.45) is 0. The van der Waals surface area contributed by atoms with Gasteiger partial charge in [-0.2, -0.15) is 0 Å². The number of nitrogens with one attached hydrogen (secondary N) is 1. The minimum absolute atomic E-state index is 0. The number of hydrazine groups is 1. The Hall–Kier alpha value is -0.720. The fourth-order valence-corrected chi connectivity index (χ4v) is 2.25. The van der Waals surface area contributed by atoms with Crippen molar-refractivity contribution < 1.29 is 9.63 Å². The number of amides is 1. The van der Waals surface area contributed by atoms with Crippen LogP contribution in [0, 0.1) is 5.41 Å². The van der Waals surface area contributed by atoms with Gasteiger partial charge in [0.15, 0.2) is 0 Å². The molecular formula is C12H16Cl3N3O2. The van der Waals surface area contributed by atoms with Crippen LogP contribution in [0.1, 0.15) is 19.4 Å². The number of benzene rings is 1. The van der Waals surface area contributed by atoms with E-state index in [1.165, 1.54) is 5.06 Å². The van der Waals surface area contributed by atoms with Gasteiger partial charge in [-0.3, -0.25) is 15.5 Å². The number of halogens is 3. The predicted octanol–water partition coefficient (Wildman–Crippen LogP) is 3.00. The highest BCUT2D eigenvalue weighted by Gasteiger charge is 2.40. The number of carbonyl (C=O) groups excluding carboxylic acids is 1. The monoisotopic (exact) mass is 339 g/mol. The molecule has 1 fully saturated rings. The number of nitrogens with two attached hydrogens (primary N) is 1. The van der Waals surface area contributed by atoms with E-state index in [9.17, 15) is 4.79 Å². The van der Waals surface area contributed by atoms with Gasteiger partial charge in [0.25, 0.3) is 5.91 Å². The van der Waals surface area contributed by atoms with Crippen molar-refractivity contribution in [3.63, 3.8) is 0 Å². The Kier molecular flexibility index (Phi) is 5.52. The maximum Gasteiger partial charge on any atom is 0.254 e. The lowest BCUT2D eigenvalue weighted by atomic mass is 9.95. The largest absolute Gasteiger partial charge is 0.323 e. The first-order chi connectivity index (χ1) is 8.85. The maximum absolute atomic E-state index is 12.0. The lowest BCUT2D eigenvalue weighted by molar-refractivity contribution is -0.165. The smallest absolute Gasteiger partial charge is 0.254 e. The van der Waals surface area contributed by atoms with Gasteiger partial charge in [0, 0.05) is 5.02 Å². The molecule has 1 amide bonds. The molecule has 0 aliphatic carbocycles. The van der Waals surface area contributed by atoms with Gasteiger partial charge < -0.3 is 5.43 Å². The predicted molar refractivity (Wildman–Crippen MR) is 81.8 cm³/mol. The summed E-state index contributed by atoms with van der Waals surface area (Å²) >= 11 is 12.2. The van der Waals surface area contributed by atoms with Gasteiger partial charge in [-0.1, -0.05) is 23.2 Å². The molecule has 0 spiro atoms. The molecule has 1 aliphatic heterocycles. The van der Waals surface area contributed by atoms with Gasteiger partial charge in [-0.25, -0.2) is 5.06 Å². The van der Waals surface area contributed by atoms with Crippen LogP contribution >= 0.6 is 35.6 Å². The zero-order valence-electron chi connectivity index (χ0n) is 11.1. The molecule has 0 atom stereocenters. The third-order valence-electron chi connectivity index (χ3n) is 2.99. The van der Waals surface area contributed by atoms with Gasteiger partial charge in [0.1, 0.15) is 0 Å². The molecule has 0 saturated carbocycles. The van der Waals surface area contributed by atoms with Gasteiger partial charge in [0.2, 0.25) is 0 Å². The van der Waals surface area contributed by atoms with Crippen molar-refractivity contribution in [1.82, 2.24) is 5.06 Å². The Balaban J connectivity index is 0.00000200. The zero-order valence-corrected chi connectivity index (χ0v) is 13.4. The second-order valence-corrected chi connectivity index (χ2v) is 5.88. The average Bonchev–Trinajstić information content (AvgIpc) is 2.60. The van der Waals surface area contributed by atoms with Crippen molar-refractivity contribution in [1.29, 1.82) is 0 Å². The quantitative estimate of drug-likeness (QED) is 0.655. The van der Waals surface area contributed by atoms with E-state index in [1.54, 1.807) is 12.1 Å². The topological polar surface area (TPSA) is 67.6 Å². The molecule has 0 unspecified atom stereocenters. The number of carbonyl (C=O) groups is 1. The number of hydroxylamine groups is 2. The highest BCUT2D eigenvalue weighted by molar-refractivity contribution is 6.35. The van der Waals surface area contributed by atoms with E-state index in [4.69, 9.17) is 33.9 Å². The van der Waals surface area contributed by atoms with Crippen molar-refractivity contribution >= 4 is 47.2 Å². The second-order valence-electron chi connectivity index (χ2n) is 5.07. The van der Waals surface area contributed by atoms with Crippen LogP contribution in [0.4, 0.5) is 5.69 Å². The van der Waals surface area contributed by atoms with Crippen molar-refractivity contribution in [2.75, 3.05) is 12.0 Å². The molecule has 2 rings (SSSR count). The molecule has 1 aromatic carbocycles. The molecule has 1 aromatic rings. The molecule has 112 valence electrons. The van der Waals surface area contributed by atoms with E-state index < -0.39 is 5.41 Å². The normalized spacial score (nSPS) is 17.1. The molecule has 1 saturated heterocycles. The Morgan fingerprint density at radius 3 is 2.55 bits per heavy atom. The standard InChI is InChI=1S/C12H15Cl2N3O2.ClH/c1-12(2)6-19-17(11(12)18)5-7-3-9(14)10(16-15)4-8(7)13;/h3-4,16H,5-6,15H2,1-2H3;1H. The van der Waals surface area contributed by atoms with Crippen molar-refractivity contribution in [2.45, 2.75) is 20.4 Å². The molecule has 3 N–H and O–H groups in total. The number of rotatable bonds is 3. The highest BCUT2D eigenvalue weighted by Crippen LogP contribution is 2.32. The molecule has 1 heterocycles. The summed E-state index contributed by atoms with van der Waals surface area (Å²) in [5, 5.41) is 2.22. The van der Waals surface area contributed by atoms with E-state index in [2.05, 4.69) is 5.43 Å². The molecule has 1 aliphatic rings. The summed E-state index contributed by atoms with van der Waals surface area (Å²) in [6.45, 7) is 4.29. The molecule has 0 radical (unpaired) electrons. The van der Waals surface area contributed by atoms with Crippen molar-refractivity contribution in [2.24, 2.45) is 11.3 Å². The van der Waals surface area contributed by atoms with Gasteiger partial charge in [-0.05, 0) is 31.5 Å². The van der Waals surface area contributed by atoms with E-state index in [-0.39, 0.29) is 24.9 Å². The Morgan fingerprint density at radius 2 is 2.05 bits per heavy atom. The number of hydrogen-bond acceptors (Lipinski definition) is 4. The van der Waals surface area contributed by atoms with Crippen LogP contribution < -0.4 is 11.3 Å². The highest BCUT2D eigenvalue weighted by atomic mass is 35.5. The summed E-state index contributed by atoms with van der Waals surface area (Å²) in [5.41, 5.74) is 3.18. The van der Waals surface area contributed by atoms with E-state index in [1.807, 2.05) is 13.8 Å². The van der Waals surface area contributed by atoms with Crippen molar-refractivity contribution in [3.8, 4) is 0 Å². The van der Waals surface area contributed by atoms with E-state index in [0.29, 0.717) is 27.9 Å². The lowest BCUT2D eigenvalue weighted by Crippen LogP contribution is -2.30. The molecular weight excluding hydrogens is 325 g/mol. The van der Waals surface area contributed by atoms with E-state index >= 15 is 0 Å². The fraction of sp³-hybridized carbons (Fsp3) is 0.417. The zero-order chi connectivity index (χ0) is 14.2. The number of nitrogen functional groups attached to an aromatic ring is 1. The fourth-order valence-electron chi connectivity index (χ4n) is 1.79. The summed E-state index contributed by atoms with van der Waals surface area (Å²) in [4.78, 5) is 17.4. The maximum atomic E-state index is 12.0. The first-order valence-corrected chi connectivity index (χ1v) is 6.50. The minimum atomic E-state index is -0.505. The Bertz CT molecular complexity index is 523. The van der Waals surface area contributed by atoms with Crippen LogP contribution in [0.2, 0.25) is 10.0 Å². The van der Waals surface area contributed by atoms with Gasteiger partial charge in [-0.15, -0.1) is 12.4 Å².